The third-order valence-corrected chi connectivity index (χ3v) is 3.01. The van der Waals surface area contributed by atoms with Gasteiger partial charge in [0, 0.05) is 5.56 Å². The lowest BCUT2D eigenvalue weighted by atomic mass is 10.1. The van der Waals surface area contributed by atoms with Gasteiger partial charge in [0.2, 0.25) is 0 Å². The first-order chi connectivity index (χ1) is 8.58. The van der Waals surface area contributed by atoms with Crippen LogP contribution in [0.15, 0.2) is 36.4 Å². The van der Waals surface area contributed by atoms with Gasteiger partial charge in [-0.05, 0) is 32.0 Å². The van der Waals surface area contributed by atoms with Crippen LogP contribution in [0.25, 0.3) is 0 Å². The fourth-order valence-electron chi connectivity index (χ4n) is 1.82. The summed E-state index contributed by atoms with van der Waals surface area (Å²) >= 11 is 5.80. The third kappa shape index (κ3) is 2.79. The summed E-state index contributed by atoms with van der Waals surface area (Å²) in [5.74, 6) is -0.211. The summed E-state index contributed by atoms with van der Waals surface area (Å²) < 4.78 is 13.6. The molecule has 0 amide bonds. The van der Waals surface area contributed by atoms with Crippen molar-refractivity contribution in [2.24, 2.45) is 0 Å². The summed E-state index contributed by atoms with van der Waals surface area (Å²) in [7, 11) is 0. The zero-order valence-corrected chi connectivity index (χ0v) is 11.0. The first-order valence-corrected chi connectivity index (χ1v) is 6.10. The molecule has 0 bridgehead atoms. The number of rotatable bonds is 3. The van der Waals surface area contributed by atoms with E-state index in [1.165, 1.54) is 6.07 Å². The lowest BCUT2D eigenvalue weighted by molar-refractivity contribution is 0.600. The van der Waals surface area contributed by atoms with E-state index in [0.29, 0.717) is 10.7 Å². The van der Waals surface area contributed by atoms with Crippen molar-refractivity contribution in [2.75, 3.05) is 5.32 Å². The maximum absolute atomic E-state index is 13.6. The number of benzene rings is 1. The molecule has 0 saturated heterocycles. The van der Waals surface area contributed by atoms with Crippen LogP contribution >= 0.6 is 11.6 Å². The second-order valence-corrected chi connectivity index (χ2v) is 4.54. The van der Waals surface area contributed by atoms with Gasteiger partial charge in [-0.15, -0.1) is 0 Å². The highest BCUT2D eigenvalue weighted by Crippen LogP contribution is 2.23. The number of nitrogens with zero attached hydrogens (tertiary/aromatic N) is 1. The largest absolute Gasteiger partial charge is 0.377 e. The van der Waals surface area contributed by atoms with Crippen LogP contribution < -0.4 is 5.32 Å². The quantitative estimate of drug-likeness (QED) is 0.834. The van der Waals surface area contributed by atoms with E-state index >= 15 is 0 Å². The average Bonchev–Trinajstić information content (AvgIpc) is 2.33. The van der Waals surface area contributed by atoms with Gasteiger partial charge in [-0.1, -0.05) is 29.8 Å². The Hall–Kier alpha value is -1.61. The Bertz CT molecular complexity index is 557. The zero-order chi connectivity index (χ0) is 13.1. The Balaban J connectivity index is 2.21. The lowest BCUT2D eigenvalue weighted by Crippen LogP contribution is -2.09. The molecule has 0 saturated carbocycles. The number of hydrogen-bond donors (Lipinski definition) is 1. The van der Waals surface area contributed by atoms with Crippen LogP contribution in [0.2, 0.25) is 5.15 Å². The first-order valence-electron chi connectivity index (χ1n) is 5.72. The molecule has 1 aromatic carbocycles. The minimum Gasteiger partial charge on any atom is -0.377 e. The van der Waals surface area contributed by atoms with Crippen molar-refractivity contribution < 1.29 is 4.39 Å². The fourth-order valence-corrected chi connectivity index (χ4v) is 2.01. The molecule has 4 heteroatoms. The molecule has 1 aromatic heterocycles. The molecule has 18 heavy (non-hydrogen) atoms. The molecular formula is C14H14ClFN2. The molecule has 2 aromatic rings. The number of nitrogens with one attached hydrogen (secondary N) is 1. The van der Waals surface area contributed by atoms with Gasteiger partial charge in [0.25, 0.3) is 0 Å². The van der Waals surface area contributed by atoms with E-state index in [1.54, 1.807) is 18.2 Å². The van der Waals surface area contributed by atoms with Gasteiger partial charge in [0.05, 0.1) is 17.4 Å². The number of pyridine rings is 1. The molecule has 1 unspecified atom stereocenters. The molecule has 0 radical (unpaired) electrons. The van der Waals surface area contributed by atoms with E-state index in [4.69, 9.17) is 11.6 Å². The molecule has 1 heterocycles. The van der Waals surface area contributed by atoms with Crippen molar-refractivity contribution in [3.63, 3.8) is 0 Å². The predicted molar refractivity (Wildman–Crippen MR) is 72.4 cm³/mol. The molecule has 0 spiro atoms. The molecule has 2 nitrogen and oxygen atoms in total. The second-order valence-electron chi connectivity index (χ2n) is 4.15. The van der Waals surface area contributed by atoms with Gasteiger partial charge >= 0.3 is 0 Å². The molecule has 94 valence electrons. The number of aryl methyl sites for hydroxylation is 1. The Morgan fingerprint density at radius 3 is 2.61 bits per heavy atom. The first kappa shape index (κ1) is 12.8. The lowest BCUT2D eigenvalue weighted by Gasteiger charge is -2.17. The van der Waals surface area contributed by atoms with Crippen LogP contribution in [0.4, 0.5) is 10.1 Å². The molecule has 0 aliphatic rings. The monoisotopic (exact) mass is 264 g/mol. The number of anilines is 1. The maximum atomic E-state index is 13.6. The van der Waals surface area contributed by atoms with Crippen LogP contribution in [0, 0.1) is 12.7 Å². The van der Waals surface area contributed by atoms with Crippen LogP contribution in [-0.4, -0.2) is 4.98 Å². The van der Waals surface area contributed by atoms with Crippen LogP contribution in [0.1, 0.15) is 24.2 Å². The van der Waals surface area contributed by atoms with Gasteiger partial charge in [-0.2, -0.15) is 0 Å². The molecule has 0 aliphatic heterocycles. The maximum Gasteiger partial charge on any atom is 0.129 e. The minimum atomic E-state index is -0.211. The summed E-state index contributed by atoms with van der Waals surface area (Å²) in [6.07, 6.45) is 0. The summed E-state index contributed by atoms with van der Waals surface area (Å²) in [6, 6.07) is 10.2. The standard InChI is InChI=1S/C14H14ClFN2/c1-9(11-5-3-4-6-12(11)16)17-13-7-8-14(15)18-10(13)2/h3-9,17H,1-2H3. The van der Waals surface area contributed by atoms with Crippen molar-refractivity contribution in [3.8, 4) is 0 Å². The Kier molecular flexibility index (Phi) is 3.82. The van der Waals surface area contributed by atoms with Crippen molar-refractivity contribution >= 4 is 17.3 Å². The molecule has 2 rings (SSSR count). The van der Waals surface area contributed by atoms with E-state index in [-0.39, 0.29) is 11.9 Å². The fraction of sp³-hybridized carbons (Fsp3) is 0.214. The Morgan fingerprint density at radius 2 is 1.94 bits per heavy atom. The Morgan fingerprint density at radius 1 is 1.22 bits per heavy atom. The topological polar surface area (TPSA) is 24.9 Å². The zero-order valence-electron chi connectivity index (χ0n) is 10.2. The van der Waals surface area contributed by atoms with E-state index in [2.05, 4.69) is 10.3 Å². The minimum absolute atomic E-state index is 0.132. The van der Waals surface area contributed by atoms with Gasteiger partial charge in [0.1, 0.15) is 11.0 Å². The van der Waals surface area contributed by atoms with Gasteiger partial charge in [0.15, 0.2) is 0 Å². The molecular weight excluding hydrogens is 251 g/mol. The molecule has 1 N–H and O–H groups in total. The number of aromatic nitrogens is 1. The van der Waals surface area contributed by atoms with E-state index < -0.39 is 0 Å². The predicted octanol–water partition coefficient (Wildman–Crippen LogP) is 4.36. The van der Waals surface area contributed by atoms with Crippen LogP contribution in [0.3, 0.4) is 0 Å². The van der Waals surface area contributed by atoms with Gasteiger partial charge in [-0.3, -0.25) is 0 Å². The highest BCUT2D eigenvalue weighted by Gasteiger charge is 2.11. The summed E-state index contributed by atoms with van der Waals surface area (Å²) in [5.41, 5.74) is 2.28. The third-order valence-electron chi connectivity index (χ3n) is 2.80. The normalized spacial score (nSPS) is 12.2. The van der Waals surface area contributed by atoms with E-state index in [0.717, 1.165) is 11.4 Å². The highest BCUT2D eigenvalue weighted by atomic mass is 35.5. The smallest absolute Gasteiger partial charge is 0.129 e. The second kappa shape index (κ2) is 5.36. The molecule has 1 atom stereocenters. The molecule has 0 fully saturated rings. The SMILES string of the molecule is Cc1nc(Cl)ccc1NC(C)c1ccccc1F. The van der Waals surface area contributed by atoms with Crippen molar-refractivity contribution in [1.82, 2.24) is 4.98 Å². The Labute approximate surface area is 111 Å². The van der Waals surface area contributed by atoms with E-state index in [1.807, 2.05) is 26.0 Å². The van der Waals surface area contributed by atoms with Gasteiger partial charge in [-0.25, -0.2) is 9.37 Å². The van der Waals surface area contributed by atoms with Crippen molar-refractivity contribution in [1.29, 1.82) is 0 Å². The van der Waals surface area contributed by atoms with Gasteiger partial charge < -0.3 is 5.32 Å². The van der Waals surface area contributed by atoms with Crippen molar-refractivity contribution in [2.45, 2.75) is 19.9 Å². The highest BCUT2D eigenvalue weighted by molar-refractivity contribution is 6.29. The summed E-state index contributed by atoms with van der Waals surface area (Å²) in [5, 5.41) is 3.69. The summed E-state index contributed by atoms with van der Waals surface area (Å²) in [6.45, 7) is 3.77. The van der Waals surface area contributed by atoms with Crippen molar-refractivity contribution in [3.05, 3.63) is 58.6 Å². The van der Waals surface area contributed by atoms with Crippen LogP contribution in [-0.2, 0) is 0 Å². The van der Waals surface area contributed by atoms with E-state index in [9.17, 15) is 4.39 Å². The average molecular weight is 265 g/mol. The number of hydrogen-bond acceptors (Lipinski definition) is 2. The number of halogens is 2. The van der Waals surface area contributed by atoms with Crippen LogP contribution in [0.5, 0.6) is 0 Å². The molecule has 0 aliphatic carbocycles. The summed E-state index contributed by atoms with van der Waals surface area (Å²) in [4.78, 5) is 4.15.